The highest BCUT2D eigenvalue weighted by Crippen LogP contribution is 2.31. The Bertz CT molecular complexity index is 1100. The molecule has 0 aliphatic rings. The Balaban J connectivity index is 1.58. The van der Waals surface area contributed by atoms with Crippen LogP contribution in [0.2, 0.25) is 10.0 Å². The fraction of sp³-hybridized carbons (Fsp3) is 0.125. The van der Waals surface area contributed by atoms with E-state index in [1.54, 1.807) is 6.20 Å². The number of pyridine rings is 1. The number of nitrogens with zero attached hydrogens (tertiary/aromatic N) is 1. The van der Waals surface area contributed by atoms with E-state index in [1.165, 1.54) is 5.39 Å². The minimum Gasteiger partial charge on any atom is -0.488 e. The summed E-state index contributed by atoms with van der Waals surface area (Å²) in [5.41, 5.74) is 2.89. The average molecular weight is 423 g/mol. The molecule has 4 rings (SSSR count). The summed E-state index contributed by atoms with van der Waals surface area (Å²) in [6, 6.07) is 23.8. The van der Waals surface area contributed by atoms with E-state index >= 15 is 0 Å². The normalized spacial score (nSPS) is 11.0. The highest BCUT2D eigenvalue weighted by molar-refractivity contribution is 6.35. The number of benzene rings is 3. The van der Waals surface area contributed by atoms with Crippen molar-refractivity contribution < 1.29 is 4.74 Å². The van der Waals surface area contributed by atoms with Gasteiger partial charge in [-0.25, -0.2) is 0 Å². The molecule has 0 aliphatic heterocycles. The molecule has 0 bridgehead atoms. The molecule has 5 heteroatoms. The number of aromatic nitrogens is 1. The molecule has 3 aromatic carbocycles. The van der Waals surface area contributed by atoms with Crippen molar-refractivity contribution in [3.63, 3.8) is 0 Å². The predicted octanol–water partition coefficient (Wildman–Crippen LogP) is 6.41. The van der Waals surface area contributed by atoms with Gasteiger partial charge in [-0.3, -0.25) is 4.98 Å². The zero-order valence-corrected chi connectivity index (χ0v) is 17.3. The van der Waals surface area contributed by atoms with Crippen LogP contribution in [0.15, 0.2) is 79.0 Å². The van der Waals surface area contributed by atoms with Crippen molar-refractivity contribution in [2.45, 2.75) is 19.7 Å². The van der Waals surface area contributed by atoms with Gasteiger partial charge in [-0.05, 0) is 41.1 Å². The quantitative estimate of drug-likeness (QED) is 0.373. The van der Waals surface area contributed by atoms with E-state index in [0.717, 1.165) is 28.0 Å². The van der Waals surface area contributed by atoms with E-state index in [2.05, 4.69) is 28.5 Å². The molecule has 0 radical (unpaired) electrons. The maximum absolute atomic E-state index is 6.30. The number of hydrogen-bond acceptors (Lipinski definition) is 3. The van der Waals surface area contributed by atoms with Crippen molar-refractivity contribution in [3.05, 3.63) is 106 Å². The Kier molecular flexibility index (Phi) is 6.30. The van der Waals surface area contributed by atoms with Crippen LogP contribution in [0.4, 0.5) is 0 Å². The SMILES string of the molecule is Clc1cccc(Cl)c1COc1ccc2ccccc2c1CNCc1ccccn1. The molecule has 3 nitrogen and oxygen atoms in total. The number of rotatable bonds is 7. The summed E-state index contributed by atoms with van der Waals surface area (Å²) in [5, 5.41) is 7.01. The van der Waals surface area contributed by atoms with E-state index in [4.69, 9.17) is 27.9 Å². The summed E-state index contributed by atoms with van der Waals surface area (Å²) in [5.74, 6) is 0.813. The maximum Gasteiger partial charge on any atom is 0.124 e. The first-order chi connectivity index (χ1) is 14.2. The Morgan fingerprint density at radius 3 is 2.34 bits per heavy atom. The van der Waals surface area contributed by atoms with Gasteiger partial charge in [0.1, 0.15) is 12.4 Å². The predicted molar refractivity (Wildman–Crippen MR) is 120 cm³/mol. The van der Waals surface area contributed by atoms with Gasteiger partial charge in [-0.15, -0.1) is 0 Å². The lowest BCUT2D eigenvalue weighted by Crippen LogP contribution is -2.15. The molecule has 0 spiro atoms. The van der Waals surface area contributed by atoms with Gasteiger partial charge in [0, 0.05) is 40.5 Å². The second-order valence-electron chi connectivity index (χ2n) is 6.68. The Labute approximate surface area is 180 Å². The summed E-state index contributed by atoms with van der Waals surface area (Å²) < 4.78 is 6.17. The molecule has 146 valence electrons. The molecule has 1 heterocycles. The summed E-state index contributed by atoms with van der Waals surface area (Å²) in [6.45, 7) is 1.65. The van der Waals surface area contributed by atoms with Gasteiger partial charge in [0.25, 0.3) is 0 Å². The zero-order valence-electron chi connectivity index (χ0n) is 15.7. The number of fused-ring (bicyclic) bond motifs is 1. The smallest absolute Gasteiger partial charge is 0.124 e. The van der Waals surface area contributed by atoms with Crippen molar-refractivity contribution in [2.75, 3.05) is 0 Å². The Morgan fingerprint density at radius 1 is 0.759 bits per heavy atom. The molecule has 0 saturated carbocycles. The third kappa shape index (κ3) is 4.70. The highest BCUT2D eigenvalue weighted by Gasteiger charge is 2.12. The van der Waals surface area contributed by atoms with Gasteiger partial charge in [-0.2, -0.15) is 0 Å². The van der Waals surface area contributed by atoms with Gasteiger partial charge in [0.05, 0.1) is 5.69 Å². The highest BCUT2D eigenvalue weighted by atomic mass is 35.5. The minimum absolute atomic E-state index is 0.310. The second kappa shape index (κ2) is 9.27. The van der Waals surface area contributed by atoms with Crippen LogP contribution in [0.3, 0.4) is 0 Å². The summed E-state index contributed by atoms with van der Waals surface area (Å²) in [7, 11) is 0. The van der Waals surface area contributed by atoms with Crippen LogP contribution in [0.1, 0.15) is 16.8 Å². The van der Waals surface area contributed by atoms with Gasteiger partial charge in [-0.1, -0.05) is 65.7 Å². The van der Waals surface area contributed by atoms with Crippen molar-refractivity contribution in [2.24, 2.45) is 0 Å². The van der Waals surface area contributed by atoms with E-state index in [9.17, 15) is 0 Å². The first-order valence-corrected chi connectivity index (χ1v) is 10.1. The van der Waals surface area contributed by atoms with E-state index < -0.39 is 0 Å². The summed E-state index contributed by atoms with van der Waals surface area (Å²) >= 11 is 12.6. The van der Waals surface area contributed by atoms with Crippen LogP contribution in [0.5, 0.6) is 5.75 Å². The zero-order chi connectivity index (χ0) is 20.1. The lowest BCUT2D eigenvalue weighted by Gasteiger charge is -2.16. The molecular formula is C24H20Cl2N2O. The first kappa shape index (κ1) is 19.7. The molecule has 1 N–H and O–H groups in total. The van der Waals surface area contributed by atoms with Gasteiger partial charge in [0.15, 0.2) is 0 Å². The van der Waals surface area contributed by atoms with E-state index in [0.29, 0.717) is 29.7 Å². The van der Waals surface area contributed by atoms with Gasteiger partial charge < -0.3 is 10.1 Å². The lowest BCUT2D eigenvalue weighted by atomic mass is 10.0. The Morgan fingerprint density at radius 2 is 1.55 bits per heavy atom. The number of hydrogen-bond donors (Lipinski definition) is 1. The number of halogens is 2. The molecule has 0 atom stereocenters. The molecule has 0 aliphatic carbocycles. The largest absolute Gasteiger partial charge is 0.488 e. The Hall–Kier alpha value is -2.59. The van der Waals surface area contributed by atoms with Crippen molar-refractivity contribution in [3.8, 4) is 5.75 Å². The van der Waals surface area contributed by atoms with Gasteiger partial charge >= 0.3 is 0 Å². The third-order valence-electron chi connectivity index (χ3n) is 4.77. The molecule has 0 unspecified atom stereocenters. The van der Waals surface area contributed by atoms with Crippen molar-refractivity contribution in [1.29, 1.82) is 0 Å². The van der Waals surface area contributed by atoms with Crippen LogP contribution in [-0.4, -0.2) is 4.98 Å². The minimum atomic E-state index is 0.310. The number of ether oxygens (including phenoxy) is 1. The number of nitrogens with one attached hydrogen (secondary N) is 1. The fourth-order valence-electron chi connectivity index (χ4n) is 3.27. The standard InChI is InChI=1S/C24H20Cl2N2O/c25-22-9-5-10-23(26)21(22)16-29-24-12-11-17-6-1-2-8-19(17)20(24)15-27-14-18-7-3-4-13-28-18/h1-13,27H,14-16H2. The molecule has 0 saturated heterocycles. The van der Waals surface area contributed by atoms with Crippen LogP contribution < -0.4 is 10.1 Å². The summed E-state index contributed by atoms with van der Waals surface area (Å²) in [4.78, 5) is 4.37. The van der Waals surface area contributed by atoms with Crippen LogP contribution >= 0.6 is 23.2 Å². The van der Waals surface area contributed by atoms with Crippen LogP contribution in [0, 0.1) is 0 Å². The topological polar surface area (TPSA) is 34.1 Å². The first-order valence-electron chi connectivity index (χ1n) is 9.39. The third-order valence-corrected chi connectivity index (χ3v) is 5.47. The van der Waals surface area contributed by atoms with Crippen LogP contribution in [-0.2, 0) is 19.7 Å². The molecule has 0 amide bonds. The molecule has 0 fully saturated rings. The molecule has 4 aromatic rings. The molecule has 29 heavy (non-hydrogen) atoms. The van der Waals surface area contributed by atoms with E-state index in [-0.39, 0.29) is 0 Å². The van der Waals surface area contributed by atoms with Crippen molar-refractivity contribution >= 4 is 34.0 Å². The molecule has 1 aromatic heterocycles. The summed E-state index contributed by atoms with van der Waals surface area (Å²) in [6.07, 6.45) is 1.80. The monoisotopic (exact) mass is 422 g/mol. The average Bonchev–Trinajstić information content (AvgIpc) is 2.75. The van der Waals surface area contributed by atoms with Gasteiger partial charge in [0.2, 0.25) is 0 Å². The molecular weight excluding hydrogens is 403 g/mol. The fourth-order valence-corrected chi connectivity index (χ4v) is 3.78. The van der Waals surface area contributed by atoms with E-state index in [1.807, 2.05) is 54.6 Å². The maximum atomic E-state index is 6.30. The lowest BCUT2D eigenvalue weighted by molar-refractivity contribution is 0.303. The van der Waals surface area contributed by atoms with Crippen molar-refractivity contribution in [1.82, 2.24) is 10.3 Å². The second-order valence-corrected chi connectivity index (χ2v) is 7.49. The van der Waals surface area contributed by atoms with Crippen LogP contribution in [0.25, 0.3) is 10.8 Å².